The van der Waals surface area contributed by atoms with Crippen LogP contribution in [0.1, 0.15) is 5.56 Å². The molecule has 0 saturated heterocycles. The van der Waals surface area contributed by atoms with Crippen molar-refractivity contribution in [3.63, 3.8) is 0 Å². The molecule has 10 heteroatoms. The van der Waals surface area contributed by atoms with E-state index in [2.05, 4.69) is 10.2 Å². The first-order valence-corrected chi connectivity index (χ1v) is 7.56. The van der Waals surface area contributed by atoms with Gasteiger partial charge in [0.2, 0.25) is 10.0 Å². The Kier molecular flexibility index (Phi) is 3.20. The Morgan fingerprint density at radius 1 is 1.50 bits per heavy atom. The summed E-state index contributed by atoms with van der Waals surface area (Å²) in [6, 6.07) is 1.69. The molecular formula is C6H8N4O4S2. The lowest BCUT2D eigenvalue weighted by atomic mass is 10.4. The van der Waals surface area contributed by atoms with Gasteiger partial charge in [0.05, 0.1) is 6.20 Å². The lowest BCUT2D eigenvalue weighted by Crippen LogP contribution is -2.22. The van der Waals surface area contributed by atoms with Gasteiger partial charge in [-0.1, -0.05) is 0 Å². The Bertz CT molecular complexity index is 622. The van der Waals surface area contributed by atoms with Crippen LogP contribution in [0.4, 0.5) is 5.82 Å². The van der Waals surface area contributed by atoms with Crippen LogP contribution in [-0.4, -0.2) is 38.4 Å². The third kappa shape index (κ3) is 3.52. The quantitative estimate of drug-likeness (QED) is 0.718. The van der Waals surface area contributed by atoms with Crippen LogP contribution in [0.3, 0.4) is 0 Å². The smallest absolute Gasteiger partial charge is 0.248 e. The SMILES string of the molecule is CS(=O)(=O)CS(=O)(=O)Nc1[nH]ncc1C#N. The summed E-state index contributed by atoms with van der Waals surface area (Å²) < 4.78 is 46.2. The second-order valence-electron chi connectivity index (χ2n) is 3.03. The number of hydrogen-bond donors (Lipinski definition) is 2. The molecular weight excluding hydrogens is 256 g/mol. The summed E-state index contributed by atoms with van der Waals surface area (Å²) >= 11 is 0. The molecule has 0 bridgehead atoms. The maximum absolute atomic E-state index is 11.3. The van der Waals surface area contributed by atoms with Gasteiger partial charge in [-0.15, -0.1) is 0 Å². The second-order valence-corrected chi connectivity index (χ2v) is 7.26. The number of hydrogen-bond acceptors (Lipinski definition) is 6. The van der Waals surface area contributed by atoms with Crippen LogP contribution in [0.25, 0.3) is 0 Å². The van der Waals surface area contributed by atoms with Crippen LogP contribution in [0.2, 0.25) is 0 Å². The average molecular weight is 264 g/mol. The molecule has 0 spiro atoms. The van der Waals surface area contributed by atoms with Crippen LogP contribution < -0.4 is 4.72 Å². The molecule has 0 radical (unpaired) electrons. The fourth-order valence-electron chi connectivity index (χ4n) is 0.916. The molecule has 1 heterocycles. The molecule has 8 nitrogen and oxygen atoms in total. The van der Waals surface area contributed by atoms with E-state index < -0.39 is 24.9 Å². The van der Waals surface area contributed by atoms with Gasteiger partial charge in [-0.25, -0.2) is 16.8 Å². The lowest BCUT2D eigenvalue weighted by molar-refractivity contribution is 0.594. The lowest BCUT2D eigenvalue weighted by Gasteiger charge is -2.04. The fraction of sp³-hybridized carbons (Fsp3) is 0.333. The van der Waals surface area contributed by atoms with Crippen molar-refractivity contribution in [1.82, 2.24) is 10.2 Å². The van der Waals surface area contributed by atoms with Crippen LogP contribution in [0.5, 0.6) is 0 Å². The number of nitrogens with zero attached hydrogens (tertiary/aromatic N) is 2. The molecule has 0 unspecified atom stereocenters. The summed E-state index contributed by atoms with van der Waals surface area (Å²) in [6.45, 7) is 0. The van der Waals surface area contributed by atoms with E-state index in [9.17, 15) is 16.8 Å². The highest BCUT2D eigenvalue weighted by molar-refractivity contribution is 8.08. The van der Waals surface area contributed by atoms with Gasteiger partial charge in [0.15, 0.2) is 20.7 Å². The second kappa shape index (κ2) is 4.11. The Morgan fingerprint density at radius 2 is 2.12 bits per heavy atom. The van der Waals surface area contributed by atoms with E-state index in [0.29, 0.717) is 0 Å². The summed E-state index contributed by atoms with van der Waals surface area (Å²) in [5.41, 5.74) is -0.0166. The minimum absolute atomic E-state index is 0.0166. The number of nitriles is 1. The van der Waals surface area contributed by atoms with E-state index in [4.69, 9.17) is 5.26 Å². The maximum Gasteiger partial charge on any atom is 0.248 e. The molecule has 0 aliphatic heterocycles. The topological polar surface area (TPSA) is 133 Å². The number of rotatable bonds is 4. The Morgan fingerprint density at radius 3 is 2.62 bits per heavy atom. The van der Waals surface area contributed by atoms with Crippen molar-refractivity contribution in [1.29, 1.82) is 5.26 Å². The van der Waals surface area contributed by atoms with Crippen molar-refractivity contribution in [3.8, 4) is 6.07 Å². The summed E-state index contributed by atoms with van der Waals surface area (Å²) in [5.74, 6) is -0.147. The first kappa shape index (κ1) is 12.5. The molecule has 16 heavy (non-hydrogen) atoms. The summed E-state index contributed by atoms with van der Waals surface area (Å²) in [6.07, 6.45) is 1.92. The van der Waals surface area contributed by atoms with Crippen LogP contribution in [-0.2, 0) is 19.9 Å². The molecule has 88 valence electrons. The van der Waals surface area contributed by atoms with Crippen molar-refractivity contribution < 1.29 is 16.8 Å². The zero-order valence-electron chi connectivity index (χ0n) is 8.13. The molecule has 1 aromatic heterocycles. The first-order valence-electron chi connectivity index (χ1n) is 3.85. The van der Waals surface area contributed by atoms with Crippen molar-refractivity contribution in [2.75, 3.05) is 16.1 Å². The number of sulfone groups is 1. The molecule has 0 amide bonds. The Hall–Kier alpha value is -1.60. The van der Waals surface area contributed by atoms with E-state index in [-0.39, 0.29) is 11.4 Å². The van der Waals surface area contributed by atoms with E-state index in [0.717, 1.165) is 12.5 Å². The third-order valence-electron chi connectivity index (χ3n) is 1.39. The number of H-pyrrole nitrogens is 1. The normalized spacial score (nSPS) is 12.0. The minimum atomic E-state index is -4.06. The first-order chi connectivity index (χ1) is 7.23. The zero-order valence-corrected chi connectivity index (χ0v) is 9.76. The summed E-state index contributed by atoms with van der Waals surface area (Å²) in [5, 5.41) is 13.2. The largest absolute Gasteiger partial charge is 0.266 e. The average Bonchev–Trinajstić information content (AvgIpc) is 2.45. The van der Waals surface area contributed by atoms with E-state index in [1.807, 2.05) is 4.72 Å². The third-order valence-corrected chi connectivity index (χ3v) is 4.86. The highest BCUT2D eigenvalue weighted by Gasteiger charge is 2.20. The Balaban J connectivity index is 2.95. The molecule has 1 aromatic rings. The number of aromatic nitrogens is 2. The van der Waals surface area contributed by atoms with Gasteiger partial charge in [0.25, 0.3) is 0 Å². The number of nitrogens with one attached hydrogen (secondary N) is 2. The van der Waals surface area contributed by atoms with E-state index in [1.54, 1.807) is 6.07 Å². The maximum atomic E-state index is 11.3. The molecule has 0 fully saturated rings. The highest BCUT2D eigenvalue weighted by Crippen LogP contribution is 2.11. The predicted molar refractivity (Wildman–Crippen MR) is 55.6 cm³/mol. The van der Waals surface area contributed by atoms with Gasteiger partial charge in [0.1, 0.15) is 11.6 Å². The molecule has 0 atom stereocenters. The van der Waals surface area contributed by atoms with Gasteiger partial charge < -0.3 is 0 Å². The highest BCUT2D eigenvalue weighted by atomic mass is 32.3. The zero-order chi connectivity index (χ0) is 12.4. The minimum Gasteiger partial charge on any atom is -0.266 e. The van der Waals surface area contributed by atoms with Crippen LogP contribution in [0.15, 0.2) is 6.20 Å². The fourth-order valence-corrected chi connectivity index (χ4v) is 3.87. The molecule has 0 aliphatic carbocycles. The van der Waals surface area contributed by atoms with Gasteiger partial charge in [-0.3, -0.25) is 9.82 Å². The summed E-state index contributed by atoms with van der Waals surface area (Å²) in [7, 11) is -7.73. The van der Waals surface area contributed by atoms with Gasteiger partial charge in [-0.05, 0) is 0 Å². The number of sulfonamides is 1. The van der Waals surface area contributed by atoms with Crippen LogP contribution in [0, 0.1) is 11.3 Å². The molecule has 0 aliphatic rings. The van der Waals surface area contributed by atoms with E-state index >= 15 is 0 Å². The van der Waals surface area contributed by atoms with Crippen molar-refractivity contribution in [2.24, 2.45) is 0 Å². The molecule has 2 N–H and O–H groups in total. The molecule has 0 saturated carbocycles. The van der Waals surface area contributed by atoms with Crippen LogP contribution >= 0.6 is 0 Å². The number of anilines is 1. The van der Waals surface area contributed by atoms with Crippen molar-refractivity contribution in [2.45, 2.75) is 0 Å². The van der Waals surface area contributed by atoms with E-state index in [1.165, 1.54) is 0 Å². The predicted octanol–water partition coefficient (Wildman–Crippen LogP) is -0.975. The van der Waals surface area contributed by atoms with Crippen molar-refractivity contribution >= 4 is 25.7 Å². The summed E-state index contributed by atoms with van der Waals surface area (Å²) in [4.78, 5) is 0. The van der Waals surface area contributed by atoms with Gasteiger partial charge in [-0.2, -0.15) is 10.4 Å². The van der Waals surface area contributed by atoms with Gasteiger partial charge >= 0.3 is 0 Å². The monoisotopic (exact) mass is 264 g/mol. The van der Waals surface area contributed by atoms with Gasteiger partial charge in [0, 0.05) is 6.26 Å². The standard InChI is InChI=1S/C6H8N4O4S2/c1-15(11,12)4-16(13,14)10-6-5(2-7)3-8-9-6/h3H,4H2,1H3,(H2,8,9,10). The number of aromatic amines is 1. The van der Waals surface area contributed by atoms with Crippen molar-refractivity contribution in [3.05, 3.63) is 11.8 Å². The Labute approximate surface area is 92.3 Å². The molecule has 0 aromatic carbocycles. The molecule has 1 rings (SSSR count).